The fourth-order valence-corrected chi connectivity index (χ4v) is 8.84. The van der Waals surface area contributed by atoms with Crippen LogP contribution in [0.4, 0.5) is 5.69 Å². The molecular formula is C30H37NO6S. The van der Waals surface area contributed by atoms with Crippen molar-refractivity contribution < 1.29 is 27.4 Å². The average Bonchev–Trinajstić information content (AvgIpc) is 3.16. The van der Waals surface area contributed by atoms with Crippen LogP contribution in [-0.4, -0.2) is 42.6 Å². The molecule has 3 aliphatic carbocycles. The highest BCUT2D eigenvalue weighted by Crippen LogP contribution is 2.64. The Bertz CT molecular complexity index is 1440. The predicted octanol–water partition coefficient (Wildman–Crippen LogP) is 5.02. The topological polar surface area (TPSA) is 118 Å². The lowest BCUT2D eigenvalue weighted by Crippen LogP contribution is -2.54. The second kappa shape index (κ2) is 8.71. The van der Waals surface area contributed by atoms with Crippen molar-refractivity contribution in [1.29, 1.82) is 0 Å². The van der Waals surface area contributed by atoms with Crippen LogP contribution in [0.5, 0.6) is 0 Å². The molecule has 0 saturated heterocycles. The molecule has 2 N–H and O–H groups in total. The van der Waals surface area contributed by atoms with E-state index in [1.54, 1.807) is 0 Å². The van der Waals surface area contributed by atoms with E-state index in [2.05, 4.69) is 29.6 Å². The van der Waals surface area contributed by atoms with E-state index in [1.807, 2.05) is 39.8 Å². The molecule has 1 aliphatic heterocycles. The molecule has 8 heteroatoms. The Kier molecular flexibility index (Phi) is 6.19. The van der Waals surface area contributed by atoms with Crippen LogP contribution in [0.2, 0.25) is 0 Å². The summed E-state index contributed by atoms with van der Waals surface area (Å²) in [6, 6.07) is 12.3. The van der Waals surface area contributed by atoms with Crippen molar-refractivity contribution in [2.45, 2.75) is 66.2 Å². The standard InChI is InChI=1S/C20H21NO2.C10H16O4S/c1-19(2)10-17(22)20(18(23)11-19)9-15-14-6-4-3-5-13(14)7-8-16(15)21-12-20;1-9(2)7-3-4-10(9,8(11)5-7)6-15(12,13)14/h3-8,21H,9-12H2,1-2H3;7H,3-6H2,1-2H3,(H,12,13,14)/t;7-,10-/m.0/s1. The minimum Gasteiger partial charge on any atom is -0.383 e. The third kappa shape index (κ3) is 4.20. The molecule has 1 heterocycles. The van der Waals surface area contributed by atoms with Crippen LogP contribution in [-0.2, 0) is 30.9 Å². The Morgan fingerprint density at radius 2 is 1.58 bits per heavy atom. The van der Waals surface area contributed by atoms with E-state index < -0.39 is 26.7 Å². The lowest BCUT2D eigenvalue weighted by atomic mass is 9.60. The van der Waals surface area contributed by atoms with Crippen molar-refractivity contribution >= 4 is 43.9 Å². The summed E-state index contributed by atoms with van der Waals surface area (Å²) in [6.45, 7) is 8.35. The zero-order chi connectivity index (χ0) is 27.7. The first-order valence-corrected chi connectivity index (χ1v) is 15.0. The Balaban J connectivity index is 0.000000170. The minimum atomic E-state index is -4.08. The number of carbonyl (C=O) groups is 3. The van der Waals surface area contributed by atoms with Gasteiger partial charge in [0, 0.05) is 31.5 Å². The number of benzene rings is 2. The lowest BCUT2D eigenvalue weighted by Gasteiger charge is -2.43. The molecule has 3 saturated carbocycles. The summed E-state index contributed by atoms with van der Waals surface area (Å²) in [5.41, 5.74) is -0.0357. The normalized spacial score (nSPS) is 28.6. The van der Waals surface area contributed by atoms with Crippen molar-refractivity contribution in [2.24, 2.45) is 27.6 Å². The first-order chi connectivity index (χ1) is 17.6. The van der Waals surface area contributed by atoms with Crippen LogP contribution < -0.4 is 5.32 Å². The van der Waals surface area contributed by atoms with Gasteiger partial charge in [-0.25, -0.2) is 0 Å². The number of hydrogen-bond donors (Lipinski definition) is 2. The molecule has 1 spiro atoms. The van der Waals surface area contributed by atoms with Gasteiger partial charge in [0.1, 0.15) is 22.8 Å². The van der Waals surface area contributed by atoms with Crippen molar-refractivity contribution in [3.8, 4) is 0 Å². The monoisotopic (exact) mass is 539 g/mol. The number of carbonyl (C=O) groups excluding carboxylic acids is 3. The minimum absolute atomic E-state index is 0.0152. The molecule has 2 aromatic rings. The highest BCUT2D eigenvalue weighted by atomic mass is 32.2. The van der Waals surface area contributed by atoms with Gasteiger partial charge in [-0.05, 0) is 58.4 Å². The summed E-state index contributed by atoms with van der Waals surface area (Å²) in [5, 5.41) is 5.66. The highest BCUT2D eigenvalue weighted by molar-refractivity contribution is 7.85. The van der Waals surface area contributed by atoms with Gasteiger partial charge in [-0.15, -0.1) is 0 Å². The summed E-state index contributed by atoms with van der Waals surface area (Å²) in [7, 11) is -4.08. The van der Waals surface area contributed by atoms with Gasteiger partial charge in [-0.2, -0.15) is 8.42 Å². The summed E-state index contributed by atoms with van der Waals surface area (Å²) < 4.78 is 31.0. The summed E-state index contributed by atoms with van der Waals surface area (Å²) in [5.74, 6) is 0.102. The number of hydrogen-bond acceptors (Lipinski definition) is 6. The van der Waals surface area contributed by atoms with Crippen LogP contribution in [0.3, 0.4) is 0 Å². The molecule has 0 unspecified atom stereocenters. The van der Waals surface area contributed by atoms with Crippen molar-refractivity contribution in [1.82, 2.24) is 0 Å². The lowest BCUT2D eigenvalue weighted by molar-refractivity contribution is -0.147. The third-order valence-corrected chi connectivity index (χ3v) is 10.9. The SMILES string of the molecule is CC1(C)CC(=O)C2(CNc3ccc4ccccc4c3C2)C(=O)C1.CC1(C)[C@H]2CC[C@]1(CS(=O)(=O)O)C(=O)C2. The van der Waals surface area contributed by atoms with Gasteiger partial charge in [0.05, 0.1) is 11.2 Å². The zero-order valence-corrected chi connectivity index (χ0v) is 23.4. The van der Waals surface area contributed by atoms with Crippen molar-refractivity contribution in [3.05, 3.63) is 42.0 Å². The number of rotatable bonds is 2. The quantitative estimate of drug-likeness (QED) is 0.406. The molecule has 2 bridgehead atoms. The Hall–Kier alpha value is -2.58. The maximum absolute atomic E-state index is 12.9. The first kappa shape index (κ1) is 27.0. The fraction of sp³-hybridized carbons (Fsp3) is 0.567. The van der Waals surface area contributed by atoms with Gasteiger partial charge in [-0.3, -0.25) is 18.9 Å². The summed E-state index contributed by atoms with van der Waals surface area (Å²) in [4.78, 5) is 37.6. The number of nitrogens with one attached hydrogen (secondary N) is 1. The average molecular weight is 540 g/mol. The van der Waals surface area contributed by atoms with Crippen LogP contribution in [0.25, 0.3) is 10.8 Å². The molecule has 0 aromatic heterocycles. The molecule has 204 valence electrons. The molecule has 2 aromatic carbocycles. The molecule has 2 atom stereocenters. The van der Waals surface area contributed by atoms with Crippen molar-refractivity contribution in [2.75, 3.05) is 17.6 Å². The highest BCUT2D eigenvalue weighted by Gasteiger charge is 2.65. The Morgan fingerprint density at radius 1 is 0.921 bits per heavy atom. The van der Waals surface area contributed by atoms with E-state index in [1.165, 1.54) is 0 Å². The van der Waals surface area contributed by atoms with E-state index in [-0.39, 0.29) is 34.1 Å². The molecule has 3 fully saturated rings. The van der Waals surface area contributed by atoms with Gasteiger partial charge >= 0.3 is 0 Å². The Morgan fingerprint density at radius 3 is 2.16 bits per heavy atom. The maximum Gasteiger partial charge on any atom is 0.265 e. The van der Waals surface area contributed by atoms with Gasteiger partial charge in [-0.1, -0.05) is 58.0 Å². The van der Waals surface area contributed by atoms with Crippen LogP contribution in [0.1, 0.15) is 65.4 Å². The predicted molar refractivity (Wildman–Crippen MR) is 147 cm³/mol. The number of anilines is 1. The fourth-order valence-electron chi connectivity index (χ4n) is 7.54. The van der Waals surface area contributed by atoms with E-state index in [4.69, 9.17) is 4.55 Å². The molecule has 0 radical (unpaired) electrons. The van der Waals surface area contributed by atoms with Gasteiger partial charge in [0.2, 0.25) is 0 Å². The molecular weight excluding hydrogens is 502 g/mol. The summed E-state index contributed by atoms with van der Waals surface area (Å²) in [6.07, 6.45) is 3.48. The largest absolute Gasteiger partial charge is 0.383 e. The third-order valence-electron chi connectivity index (χ3n) is 10.0. The molecule has 0 amide bonds. The Labute approximate surface area is 224 Å². The van der Waals surface area contributed by atoms with Gasteiger partial charge < -0.3 is 5.32 Å². The second-order valence-corrected chi connectivity index (χ2v) is 14.6. The van der Waals surface area contributed by atoms with Crippen LogP contribution in [0.15, 0.2) is 36.4 Å². The van der Waals surface area contributed by atoms with Gasteiger partial charge in [0.15, 0.2) is 0 Å². The van der Waals surface area contributed by atoms with Gasteiger partial charge in [0.25, 0.3) is 10.1 Å². The smallest absolute Gasteiger partial charge is 0.265 e. The maximum atomic E-state index is 12.9. The molecule has 7 nitrogen and oxygen atoms in total. The number of ketones is 3. The number of Topliss-reactive ketones (excluding diaryl/α,β-unsaturated/α-hetero) is 3. The zero-order valence-electron chi connectivity index (χ0n) is 22.6. The first-order valence-electron chi connectivity index (χ1n) is 13.4. The molecule has 38 heavy (non-hydrogen) atoms. The van der Waals surface area contributed by atoms with Crippen LogP contribution in [0, 0.1) is 27.6 Å². The van der Waals surface area contributed by atoms with Crippen molar-refractivity contribution in [3.63, 3.8) is 0 Å². The van der Waals surface area contributed by atoms with Crippen LogP contribution >= 0.6 is 0 Å². The molecule has 4 aliphatic rings. The van der Waals surface area contributed by atoms with E-state index in [0.717, 1.165) is 28.4 Å². The van der Waals surface area contributed by atoms with E-state index >= 15 is 0 Å². The van der Waals surface area contributed by atoms with E-state index in [9.17, 15) is 22.8 Å². The summed E-state index contributed by atoms with van der Waals surface area (Å²) >= 11 is 0. The number of fused-ring (bicyclic) bond motifs is 5. The second-order valence-electron chi connectivity index (χ2n) is 13.2. The van der Waals surface area contributed by atoms with E-state index in [0.29, 0.717) is 38.6 Å². The molecule has 6 rings (SSSR count).